The van der Waals surface area contributed by atoms with E-state index in [-0.39, 0.29) is 29.7 Å². The maximum atomic E-state index is 12.8. The van der Waals surface area contributed by atoms with Gasteiger partial charge in [0.15, 0.2) is 10.2 Å². The zero-order chi connectivity index (χ0) is 23.6. The molecule has 14 heteroatoms. The third-order valence-corrected chi connectivity index (χ3v) is 8.49. The van der Waals surface area contributed by atoms with E-state index in [9.17, 15) is 18.0 Å². The molecule has 2 aliphatic heterocycles. The molecule has 0 unspecified atom stereocenters. The average Bonchev–Trinajstić information content (AvgIpc) is 3.45. The Morgan fingerprint density at radius 3 is 2.45 bits per heavy atom. The van der Waals surface area contributed by atoms with Crippen LogP contribution in [0.15, 0.2) is 16.6 Å². The molecule has 0 radical (unpaired) electrons. The van der Waals surface area contributed by atoms with Crippen molar-refractivity contribution >= 4 is 38.3 Å². The molecule has 2 amide bonds. The minimum Gasteiger partial charge on any atom is -0.378 e. The lowest BCUT2D eigenvalue weighted by Crippen LogP contribution is -2.48. The van der Waals surface area contributed by atoms with Crippen LogP contribution in [0.3, 0.4) is 0 Å². The summed E-state index contributed by atoms with van der Waals surface area (Å²) in [4.78, 5) is 35.4. The summed E-state index contributed by atoms with van der Waals surface area (Å²) in [5.41, 5.74) is 5.08. The maximum absolute atomic E-state index is 12.8. The summed E-state index contributed by atoms with van der Waals surface area (Å²) in [6, 6.07) is 0. The van der Waals surface area contributed by atoms with Crippen LogP contribution >= 0.6 is 11.3 Å². The van der Waals surface area contributed by atoms with E-state index in [2.05, 4.69) is 25.7 Å². The standard InChI is InChI=1S/C19H27N7O5S2/c1-13-20-16(11-24(13)2)33(29,30)26-5-3-14(4-6-26)17(27)22-23-18(28)15-12-32-19(21-15)25-7-9-31-10-8-25/h11-12,14H,3-10H2,1-2H3,(H,22,27)(H,23,28). The zero-order valence-electron chi connectivity index (χ0n) is 18.5. The second-order valence-corrected chi connectivity index (χ2v) is 10.7. The van der Waals surface area contributed by atoms with E-state index in [1.165, 1.54) is 21.8 Å². The number of thiazole rings is 1. The Morgan fingerprint density at radius 2 is 1.82 bits per heavy atom. The monoisotopic (exact) mass is 497 g/mol. The summed E-state index contributed by atoms with van der Waals surface area (Å²) in [7, 11) is -1.96. The van der Waals surface area contributed by atoms with E-state index in [0.717, 1.165) is 18.2 Å². The largest absolute Gasteiger partial charge is 0.378 e. The molecular weight excluding hydrogens is 470 g/mol. The molecule has 33 heavy (non-hydrogen) atoms. The fraction of sp³-hybridized carbons (Fsp3) is 0.579. The number of carbonyl (C=O) groups is 2. The third kappa shape index (κ3) is 5.18. The molecule has 0 spiro atoms. The van der Waals surface area contributed by atoms with Gasteiger partial charge in [-0.25, -0.2) is 18.4 Å². The fourth-order valence-corrected chi connectivity index (χ4v) is 6.05. The lowest BCUT2D eigenvalue weighted by atomic mass is 9.98. The first-order chi connectivity index (χ1) is 15.8. The Morgan fingerprint density at radius 1 is 1.12 bits per heavy atom. The molecular formula is C19H27N7O5S2. The van der Waals surface area contributed by atoms with Crippen LogP contribution in [0.4, 0.5) is 5.13 Å². The molecule has 180 valence electrons. The quantitative estimate of drug-likeness (QED) is 0.546. The molecule has 0 aliphatic carbocycles. The Kier molecular flexibility index (Phi) is 6.97. The van der Waals surface area contributed by atoms with Crippen LogP contribution < -0.4 is 15.8 Å². The van der Waals surface area contributed by atoms with Gasteiger partial charge in [-0.1, -0.05) is 0 Å². The summed E-state index contributed by atoms with van der Waals surface area (Å²) in [5.74, 6) is -0.639. The van der Waals surface area contributed by atoms with Gasteiger partial charge in [0.2, 0.25) is 5.91 Å². The van der Waals surface area contributed by atoms with Crippen LogP contribution in [0.1, 0.15) is 29.2 Å². The zero-order valence-corrected chi connectivity index (χ0v) is 20.1. The highest BCUT2D eigenvalue weighted by Crippen LogP contribution is 2.24. The van der Waals surface area contributed by atoms with Gasteiger partial charge in [-0.05, 0) is 19.8 Å². The predicted octanol–water partition coefficient (Wildman–Crippen LogP) is -0.116. The van der Waals surface area contributed by atoms with Gasteiger partial charge in [0.05, 0.1) is 13.2 Å². The van der Waals surface area contributed by atoms with Crippen molar-refractivity contribution in [2.75, 3.05) is 44.3 Å². The van der Waals surface area contributed by atoms with Gasteiger partial charge in [0, 0.05) is 50.7 Å². The normalized spacial score (nSPS) is 18.3. The Labute approximate surface area is 196 Å². The molecule has 2 aliphatic rings. The van der Waals surface area contributed by atoms with Crippen molar-refractivity contribution in [2.24, 2.45) is 13.0 Å². The highest BCUT2D eigenvalue weighted by molar-refractivity contribution is 7.89. The number of imidazole rings is 1. The highest BCUT2D eigenvalue weighted by atomic mass is 32.2. The molecule has 12 nitrogen and oxygen atoms in total. The number of nitrogens with one attached hydrogen (secondary N) is 2. The number of hydrogen-bond donors (Lipinski definition) is 2. The number of aromatic nitrogens is 3. The van der Waals surface area contributed by atoms with E-state index in [1.807, 2.05) is 0 Å². The number of piperidine rings is 1. The molecule has 0 saturated carbocycles. The summed E-state index contributed by atoms with van der Waals surface area (Å²) >= 11 is 1.37. The first-order valence-corrected chi connectivity index (χ1v) is 13.0. The Balaban J connectivity index is 1.26. The summed E-state index contributed by atoms with van der Waals surface area (Å²) in [6.45, 7) is 4.84. The number of amides is 2. The van der Waals surface area contributed by atoms with Crippen LogP contribution in [0.25, 0.3) is 0 Å². The van der Waals surface area contributed by atoms with Gasteiger partial charge < -0.3 is 14.2 Å². The number of carbonyl (C=O) groups excluding carboxylic acids is 2. The van der Waals surface area contributed by atoms with Gasteiger partial charge >= 0.3 is 0 Å². The lowest BCUT2D eigenvalue weighted by Gasteiger charge is -2.29. The van der Waals surface area contributed by atoms with Crippen molar-refractivity contribution < 1.29 is 22.7 Å². The first-order valence-electron chi connectivity index (χ1n) is 10.6. The number of ether oxygens (including phenoxy) is 1. The van der Waals surface area contributed by atoms with Gasteiger partial charge in [-0.3, -0.25) is 20.4 Å². The van der Waals surface area contributed by atoms with Crippen LogP contribution in [-0.2, 0) is 26.6 Å². The van der Waals surface area contributed by atoms with Crippen molar-refractivity contribution in [3.63, 3.8) is 0 Å². The number of aryl methyl sites for hydroxylation is 2. The Hall–Kier alpha value is -2.55. The minimum absolute atomic E-state index is 0.0115. The number of anilines is 1. The van der Waals surface area contributed by atoms with Crippen LogP contribution in [0.2, 0.25) is 0 Å². The fourth-order valence-electron chi connectivity index (χ4n) is 3.69. The number of hydrogen-bond acceptors (Lipinski definition) is 9. The van der Waals surface area contributed by atoms with Crippen molar-refractivity contribution in [3.8, 4) is 0 Å². The smallest absolute Gasteiger partial charge is 0.289 e. The van der Waals surface area contributed by atoms with Crippen molar-refractivity contribution in [1.82, 2.24) is 29.7 Å². The van der Waals surface area contributed by atoms with Gasteiger partial charge in [0.25, 0.3) is 15.9 Å². The van der Waals surface area contributed by atoms with Crippen LogP contribution in [0, 0.1) is 12.8 Å². The number of rotatable bonds is 5. The number of hydrazine groups is 1. The van der Waals surface area contributed by atoms with Crippen LogP contribution in [0.5, 0.6) is 0 Å². The SMILES string of the molecule is Cc1nc(S(=O)(=O)N2CCC(C(=O)NNC(=O)c3csc(N4CCOCC4)n3)CC2)cn1C. The van der Waals surface area contributed by atoms with Crippen LogP contribution in [-0.4, -0.2) is 78.5 Å². The average molecular weight is 498 g/mol. The van der Waals surface area contributed by atoms with E-state index >= 15 is 0 Å². The summed E-state index contributed by atoms with van der Waals surface area (Å²) < 4.78 is 33.9. The lowest BCUT2D eigenvalue weighted by molar-refractivity contribution is -0.126. The van der Waals surface area contributed by atoms with E-state index in [1.54, 1.807) is 23.9 Å². The molecule has 4 rings (SSSR count). The topological polar surface area (TPSA) is 139 Å². The minimum atomic E-state index is -3.70. The molecule has 0 aromatic carbocycles. The Bertz CT molecular complexity index is 1100. The molecule has 0 atom stereocenters. The van der Waals surface area contributed by atoms with E-state index in [0.29, 0.717) is 31.9 Å². The molecule has 0 bridgehead atoms. The third-order valence-electron chi connectivity index (χ3n) is 5.82. The number of sulfonamides is 1. The van der Waals surface area contributed by atoms with Crippen molar-refractivity contribution in [2.45, 2.75) is 24.8 Å². The van der Waals surface area contributed by atoms with Gasteiger partial charge in [-0.2, -0.15) is 4.31 Å². The maximum Gasteiger partial charge on any atom is 0.289 e. The molecule has 2 fully saturated rings. The first kappa shape index (κ1) is 23.6. The predicted molar refractivity (Wildman–Crippen MR) is 120 cm³/mol. The number of nitrogens with zero attached hydrogens (tertiary/aromatic N) is 5. The molecule has 2 N–H and O–H groups in total. The van der Waals surface area contributed by atoms with Crippen molar-refractivity contribution in [3.05, 3.63) is 23.1 Å². The van der Waals surface area contributed by atoms with E-state index < -0.39 is 21.8 Å². The number of morpholine rings is 1. The molecule has 2 aromatic rings. The molecule has 4 heterocycles. The van der Waals surface area contributed by atoms with Gasteiger partial charge in [-0.15, -0.1) is 11.3 Å². The second kappa shape index (κ2) is 9.75. The summed E-state index contributed by atoms with van der Waals surface area (Å²) in [5, 5.41) is 2.40. The van der Waals surface area contributed by atoms with Gasteiger partial charge in [0.1, 0.15) is 11.5 Å². The molecule has 2 saturated heterocycles. The molecule has 2 aromatic heterocycles. The highest BCUT2D eigenvalue weighted by Gasteiger charge is 2.33. The van der Waals surface area contributed by atoms with Crippen molar-refractivity contribution in [1.29, 1.82) is 0 Å². The van der Waals surface area contributed by atoms with E-state index in [4.69, 9.17) is 4.74 Å². The second-order valence-electron chi connectivity index (χ2n) is 7.97. The summed E-state index contributed by atoms with van der Waals surface area (Å²) in [6.07, 6.45) is 2.19.